The molecule has 1 fully saturated rings. The van der Waals surface area contributed by atoms with Crippen molar-refractivity contribution >= 4 is 28.4 Å². The highest BCUT2D eigenvalue weighted by molar-refractivity contribution is 7.89. The van der Waals surface area contributed by atoms with Crippen LogP contribution in [-0.4, -0.2) is 51.5 Å². The van der Waals surface area contributed by atoms with Gasteiger partial charge in [-0.25, -0.2) is 13.2 Å². The lowest BCUT2D eigenvalue weighted by Gasteiger charge is -2.33. The molecule has 1 N–H and O–H groups in total. The predicted molar refractivity (Wildman–Crippen MR) is 86.0 cm³/mol. The molecule has 124 valence electrons. The first-order chi connectivity index (χ1) is 9.89. The highest BCUT2D eigenvalue weighted by Crippen LogP contribution is 2.25. The molecule has 1 atom stereocenters. The Kier molecular flexibility index (Phi) is 6.37. The number of sulfonamides is 1. The van der Waals surface area contributed by atoms with Gasteiger partial charge >= 0.3 is 5.97 Å². The summed E-state index contributed by atoms with van der Waals surface area (Å²) in [5, 5.41) is 3.16. The van der Waals surface area contributed by atoms with Gasteiger partial charge in [-0.15, -0.1) is 12.4 Å². The molecule has 0 spiro atoms. The minimum Gasteiger partial charge on any atom is -0.465 e. The van der Waals surface area contributed by atoms with Crippen LogP contribution in [0.4, 0.5) is 0 Å². The smallest absolute Gasteiger partial charge is 0.338 e. The molecule has 0 aromatic heterocycles. The van der Waals surface area contributed by atoms with Gasteiger partial charge in [0.05, 0.1) is 17.6 Å². The Morgan fingerprint density at radius 2 is 2.09 bits per heavy atom. The molecule has 1 aliphatic rings. The molecule has 1 aromatic carbocycles. The van der Waals surface area contributed by atoms with Crippen molar-refractivity contribution < 1.29 is 17.9 Å². The van der Waals surface area contributed by atoms with Crippen molar-refractivity contribution in [3.63, 3.8) is 0 Å². The molecule has 1 unspecified atom stereocenters. The third kappa shape index (κ3) is 3.43. The van der Waals surface area contributed by atoms with Gasteiger partial charge in [0.25, 0.3) is 0 Å². The van der Waals surface area contributed by atoms with Crippen LogP contribution < -0.4 is 5.32 Å². The van der Waals surface area contributed by atoms with Gasteiger partial charge in [0.1, 0.15) is 0 Å². The maximum Gasteiger partial charge on any atom is 0.338 e. The van der Waals surface area contributed by atoms with Gasteiger partial charge in [0.2, 0.25) is 10.0 Å². The quantitative estimate of drug-likeness (QED) is 0.830. The molecule has 0 saturated carbocycles. The molecule has 8 heteroatoms. The number of nitrogens with one attached hydrogen (secondary N) is 1. The summed E-state index contributed by atoms with van der Waals surface area (Å²) in [6.45, 7) is 5.16. The minimum absolute atomic E-state index is 0. The van der Waals surface area contributed by atoms with E-state index in [0.717, 1.165) is 0 Å². The fraction of sp³-hybridized carbons (Fsp3) is 0.500. The van der Waals surface area contributed by atoms with Crippen molar-refractivity contribution in [2.24, 2.45) is 0 Å². The normalized spacial score (nSPS) is 19.3. The fourth-order valence-electron chi connectivity index (χ4n) is 2.53. The average molecular weight is 349 g/mol. The number of nitrogens with zero attached hydrogens (tertiary/aromatic N) is 1. The molecule has 2 rings (SSSR count). The zero-order valence-electron chi connectivity index (χ0n) is 12.8. The lowest BCUT2D eigenvalue weighted by molar-refractivity contribution is 0.0599. The highest BCUT2D eigenvalue weighted by atomic mass is 35.5. The standard InChI is InChI=1S/C14H20N2O4S.ClH/c1-10-9-15-7-8-16(10)21(18,19)13-6-4-5-12(11(13)2)14(17)20-3;/h4-6,10,15H,7-9H2,1-3H3;1H. The number of carbonyl (C=O) groups is 1. The lowest BCUT2D eigenvalue weighted by atomic mass is 10.1. The molecule has 6 nitrogen and oxygen atoms in total. The zero-order valence-corrected chi connectivity index (χ0v) is 14.5. The summed E-state index contributed by atoms with van der Waals surface area (Å²) in [6, 6.07) is 4.55. The van der Waals surface area contributed by atoms with E-state index in [2.05, 4.69) is 5.32 Å². The molecule has 1 heterocycles. The fourth-order valence-corrected chi connectivity index (χ4v) is 4.41. The maximum atomic E-state index is 12.8. The van der Waals surface area contributed by atoms with Crippen LogP contribution in [0.2, 0.25) is 0 Å². The Morgan fingerprint density at radius 1 is 1.41 bits per heavy atom. The SMILES string of the molecule is COC(=O)c1cccc(S(=O)(=O)N2CCNCC2C)c1C.Cl. The Labute approximate surface area is 137 Å². The van der Waals surface area contributed by atoms with Crippen molar-refractivity contribution in [3.8, 4) is 0 Å². The average Bonchev–Trinajstić information content (AvgIpc) is 2.46. The molecule has 0 amide bonds. The van der Waals surface area contributed by atoms with Gasteiger partial charge in [-0.05, 0) is 31.5 Å². The van der Waals surface area contributed by atoms with E-state index in [4.69, 9.17) is 4.74 Å². The number of hydrogen-bond acceptors (Lipinski definition) is 5. The van der Waals surface area contributed by atoms with Crippen LogP contribution in [0.3, 0.4) is 0 Å². The topological polar surface area (TPSA) is 75.7 Å². The molecular formula is C14H21ClN2O4S. The van der Waals surface area contributed by atoms with E-state index in [9.17, 15) is 13.2 Å². The number of hydrogen-bond donors (Lipinski definition) is 1. The number of carbonyl (C=O) groups excluding carboxylic acids is 1. The second-order valence-corrected chi connectivity index (χ2v) is 6.95. The molecule has 1 aromatic rings. The number of ether oxygens (including phenoxy) is 1. The number of rotatable bonds is 3. The van der Waals surface area contributed by atoms with Crippen molar-refractivity contribution in [2.75, 3.05) is 26.7 Å². The summed E-state index contributed by atoms with van der Waals surface area (Å²) in [7, 11) is -2.34. The summed E-state index contributed by atoms with van der Waals surface area (Å²) < 4.78 is 31.8. The molecule has 22 heavy (non-hydrogen) atoms. The van der Waals surface area contributed by atoms with Crippen molar-refractivity contribution in [3.05, 3.63) is 29.3 Å². The Hall–Kier alpha value is -1.15. The Bertz CT molecular complexity index is 648. The van der Waals surface area contributed by atoms with Crippen LogP contribution in [0, 0.1) is 6.92 Å². The third-order valence-corrected chi connectivity index (χ3v) is 5.87. The number of esters is 1. The van der Waals surface area contributed by atoms with E-state index in [1.165, 1.54) is 17.5 Å². The van der Waals surface area contributed by atoms with Gasteiger partial charge in [-0.2, -0.15) is 4.31 Å². The summed E-state index contributed by atoms with van der Waals surface area (Å²) in [6.07, 6.45) is 0. The molecule has 0 radical (unpaired) electrons. The van der Waals surface area contributed by atoms with Crippen LogP contribution >= 0.6 is 12.4 Å². The monoisotopic (exact) mass is 348 g/mol. The van der Waals surface area contributed by atoms with E-state index >= 15 is 0 Å². The van der Waals surface area contributed by atoms with E-state index in [1.807, 2.05) is 6.92 Å². The van der Waals surface area contributed by atoms with Gasteiger partial charge in [-0.1, -0.05) is 6.07 Å². The van der Waals surface area contributed by atoms with E-state index in [-0.39, 0.29) is 28.9 Å². The van der Waals surface area contributed by atoms with Gasteiger partial charge in [0.15, 0.2) is 0 Å². The maximum absolute atomic E-state index is 12.8. The highest BCUT2D eigenvalue weighted by Gasteiger charge is 2.32. The van der Waals surface area contributed by atoms with E-state index < -0.39 is 16.0 Å². The van der Waals surface area contributed by atoms with Gasteiger partial charge in [-0.3, -0.25) is 0 Å². The lowest BCUT2D eigenvalue weighted by Crippen LogP contribution is -2.52. The number of benzene rings is 1. The second-order valence-electron chi connectivity index (χ2n) is 5.09. The van der Waals surface area contributed by atoms with E-state index in [1.54, 1.807) is 19.1 Å². The molecular weight excluding hydrogens is 328 g/mol. The number of piperazine rings is 1. The third-order valence-electron chi connectivity index (χ3n) is 3.72. The number of halogens is 1. The molecule has 0 aliphatic carbocycles. The molecule has 1 aliphatic heterocycles. The summed E-state index contributed by atoms with van der Waals surface area (Å²) >= 11 is 0. The zero-order chi connectivity index (χ0) is 15.6. The van der Waals surface area contributed by atoms with Crippen molar-refractivity contribution in [2.45, 2.75) is 24.8 Å². The second kappa shape index (κ2) is 7.41. The predicted octanol–water partition coefficient (Wildman–Crippen LogP) is 1.19. The van der Waals surface area contributed by atoms with E-state index in [0.29, 0.717) is 25.2 Å². The Balaban J connectivity index is 0.00000242. The van der Waals surface area contributed by atoms with Crippen LogP contribution in [0.5, 0.6) is 0 Å². The summed E-state index contributed by atoms with van der Waals surface area (Å²) in [5.41, 5.74) is 0.705. The number of methoxy groups -OCH3 is 1. The van der Waals surface area contributed by atoms with Crippen LogP contribution in [0.1, 0.15) is 22.8 Å². The first-order valence-corrected chi connectivity index (χ1v) is 8.24. The minimum atomic E-state index is -3.62. The van der Waals surface area contributed by atoms with Crippen molar-refractivity contribution in [1.29, 1.82) is 0 Å². The van der Waals surface area contributed by atoms with Gasteiger partial charge < -0.3 is 10.1 Å². The first-order valence-electron chi connectivity index (χ1n) is 6.80. The largest absolute Gasteiger partial charge is 0.465 e. The summed E-state index contributed by atoms with van der Waals surface area (Å²) in [4.78, 5) is 11.9. The Morgan fingerprint density at radius 3 is 2.68 bits per heavy atom. The van der Waals surface area contributed by atoms with Crippen LogP contribution in [0.25, 0.3) is 0 Å². The molecule has 0 bridgehead atoms. The van der Waals surface area contributed by atoms with Gasteiger partial charge in [0, 0.05) is 25.7 Å². The van der Waals surface area contributed by atoms with Crippen LogP contribution in [-0.2, 0) is 14.8 Å². The first kappa shape index (κ1) is 18.9. The van der Waals surface area contributed by atoms with Crippen LogP contribution in [0.15, 0.2) is 23.1 Å². The van der Waals surface area contributed by atoms with Crippen molar-refractivity contribution in [1.82, 2.24) is 9.62 Å². The summed E-state index contributed by atoms with van der Waals surface area (Å²) in [5.74, 6) is -0.530. The molecule has 1 saturated heterocycles.